The Morgan fingerprint density at radius 2 is 1.62 bits per heavy atom. The first-order chi connectivity index (χ1) is 17.1. The summed E-state index contributed by atoms with van der Waals surface area (Å²) >= 11 is 0. The molecular formula is C22H21F6N3O6. The molecule has 1 aliphatic rings. The van der Waals surface area contributed by atoms with E-state index in [9.17, 15) is 50.6 Å². The number of carbonyl (C=O) groups is 2. The van der Waals surface area contributed by atoms with Crippen molar-refractivity contribution in [3.05, 3.63) is 61.3 Å². The van der Waals surface area contributed by atoms with Crippen LogP contribution in [0, 0.1) is 0 Å². The number of aromatic nitrogens is 2. The maximum absolute atomic E-state index is 13.6. The first-order valence-corrected chi connectivity index (χ1v) is 11.0. The molecule has 3 N–H and O–H groups in total. The van der Waals surface area contributed by atoms with Crippen LogP contribution in [0.5, 0.6) is 5.88 Å². The van der Waals surface area contributed by atoms with Gasteiger partial charge in [0.2, 0.25) is 5.88 Å². The summed E-state index contributed by atoms with van der Waals surface area (Å²) in [6.45, 7) is -2.11. The highest BCUT2D eigenvalue weighted by Crippen LogP contribution is 2.38. The number of carboxylic acid groups (broad SMARTS) is 1. The summed E-state index contributed by atoms with van der Waals surface area (Å²) in [6, 6.07) is -0.0572. The predicted octanol–water partition coefficient (Wildman–Crippen LogP) is 3.12. The molecule has 1 aromatic carbocycles. The van der Waals surface area contributed by atoms with Crippen molar-refractivity contribution in [3.63, 3.8) is 0 Å². The van der Waals surface area contributed by atoms with Crippen LogP contribution in [0.4, 0.5) is 26.3 Å². The summed E-state index contributed by atoms with van der Waals surface area (Å²) in [7, 11) is 0. The van der Waals surface area contributed by atoms with Crippen molar-refractivity contribution >= 4 is 11.9 Å². The number of amides is 1. The van der Waals surface area contributed by atoms with Crippen LogP contribution in [0.1, 0.15) is 65.2 Å². The normalized spacial score (nSPS) is 15.0. The van der Waals surface area contributed by atoms with Crippen LogP contribution in [0.25, 0.3) is 0 Å². The van der Waals surface area contributed by atoms with Crippen molar-refractivity contribution in [2.45, 2.75) is 57.0 Å². The largest absolute Gasteiger partial charge is 0.494 e. The van der Waals surface area contributed by atoms with E-state index in [1.165, 1.54) is 0 Å². The number of halogens is 6. The molecule has 0 radical (unpaired) electrons. The van der Waals surface area contributed by atoms with Gasteiger partial charge in [0.25, 0.3) is 11.5 Å². The lowest BCUT2D eigenvalue weighted by Crippen LogP contribution is -2.47. The fraction of sp³-hybridized carbons (Fsp3) is 0.455. The summed E-state index contributed by atoms with van der Waals surface area (Å²) in [5, 5.41) is 21.3. The number of aromatic hydroxyl groups is 1. The van der Waals surface area contributed by atoms with Gasteiger partial charge >= 0.3 is 24.0 Å². The van der Waals surface area contributed by atoms with Crippen molar-refractivity contribution in [3.8, 4) is 5.88 Å². The lowest BCUT2D eigenvalue weighted by molar-refractivity contribution is -0.143. The average Bonchev–Trinajstić information content (AvgIpc) is 2.80. The Hall–Kier alpha value is -3.78. The second-order valence-electron chi connectivity index (χ2n) is 8.48. The third-order valence-electron chi connectivity index (χ3n) is 5.99. The van der Waals surface area contributed by atoms with E-state index in [1.807, 2.05) is 5.32 Å². The van der Waals surface area contributed by atoms with Gasteiger partial charge < -0.3 is 15.5 Å². The second kappa shape index (κ2) is 10.3. The number of aliphatic carboxylic acids is 1. The van der Waals surface area contributed by atoms with Gasteiger partial charge in [0.1, 0.15) is 6.54 Å². The van der Waals surface area contributed by atoms with E-state index in [0.717, 1.165) is 6.42 Å². The zero-order valence-electron chi connectivity index (χ0n) is 18.9. The van der Waals surface area contributed by atoms with Crippen LogP contribution in [0.2, 0.25) is 0 Å². The summed E-state index contributed by atoms with van der Waals surface area (Å²) in [5.74, 6) is -4.25. The molecule has 1 aliphatic carbocycles. The van der Waals surface area contributed by atoms with Gasteiger partial charge in [-0.15, -0.1) is 0 Å². The maximum Gasteiger partial charge on any atom is 0.416 e. The molecule has 0 atom stereocenters. The molecule has 0 unspecified atom stereocenters. The first kappa shape index (κ1) is 27.8. The Balaban J connectivity index is 2.24. The number of benzene rings is 1. The van der Waals surface area contributed by atoms with Gasteiger partial charge in [0, 0.05) is 6.04 Å². The molecule has 202 valence electrons. The topological polar surface area (TPSA) is 131 Å². The SMILES string of the molecule is O=C(O)CNC(=O)c1c(O)n(Cc2ccc(C(F)(F)F)cc2C(F)(F)F)c(=O)n(C2CCCCC2)c1=O. The van der Waals surface area contributed by atoms with Crippen LogP contribution in [0.3, 0.4) is 0 Å². The molecule has 15 heteroatoms. The summed E-state index contributed by atoms with van der Waals surface area (Å²) < 4.78 is 80.9. The lowest BCUT2D eigenvalue weighted by Gasteiger charge is -2.25. The third-order valence-corrected chi connectivity index (χ3v) is 5.99. The van der Waals surface area contributed by atoms with Crippen molar-refractivity contribution in [2.75, 3.05) is 6.54 Å². The first-order valence-electron chi connectivity index (χ1n) is 11.0. The maximum atomic E-state index is 13.6. The number of carboxylic acids is 1. The molecule has 1 saturated carbocycles. The molecule has 1 heterocycles. The van der Waals surface area contributed by atoms with E-state index < -0.39 is 82.7 Å². The number of nitrogens with one attached hydrogen (secondary N) is 1. The van der Waals surface area contributed by atoms with Gasteiger partial charge in [0.05, 0.1) is 17.7 Å². The predicted molar refractivity (Wildman–Crippen MR) is 114 cm³/mol. The standard InChI is InChI=1S/C22H21F6N3O6/c23-21(24,25)12-7-6-11(14(8-12)22(26,27)28)10-30-18(35)16(17(34)29-9-15(32)33)19(36)31(20(30)37)13-4-2-1-3-5-13/h6-8,13,35H,1-5,9-10H2,(H,29,34)(H,32,33). The van der Waals surface area contributed by atoms with Gasteiger partial charge in [-0.05, 0) is 30.5 Å². The highest BCUT2D eigenvalue weighted by molar-refractivity contribution is 5.97. The van der Waals surface area contributed by atoms with Gasteiger partial charge in [0.15, 0.2) is 5.56 Å². The zero-order valence-corrected chi connectivity index (χ0v) is 18.9. The van der Waals surface area contributed by atoms with E-state index in [0.29, 0.717) is 42.4 Å². The Kier molecular flexibility index (Phi) is 7.74. The van der Waals surface area contributed by atoms with Crippen molar-refractivity contribution in [2.24, 2.45) is 0 Å². The van der Waals surface area contributed by atoms with Crippen molar-refractivity contribution in [1.29, 1.82) is 0 Å². The Morgan fingerprint density at radius 1 is 1.00 bits per heavy atom. The molecule has 9 nitrogen and oxygen atoms in total. The smallest absolute Gasteiger partial charge is 0.416 e. The number of rotatable bonds is 6. The molecule has 1 fully saturated rings. The molecule has 3 rings (SSSR count). The summed E-state index contributed by atoms with van der Waals surface area (Å²) in [4.78, 5) is 49.6. The van der Waals surface area contributed by atoms with Crippen LogP contribution in [-0.2, 0) is 23.7 Å². The highest BCUT2D eigenvalue weighted by atomic mass is 19.4. The Labute approximate surface area is 203 Å². The fourth-order valence-electron chi connectivity index (χ4n) is 4.23. The minimum Gasteiger partial charge on any atom is -0.494 e. The lowest BCUT2D eigenvalue weighted by atomic mass is 9.95. The number of hydrogen-bond acceptors (Lipinski definition) is 5. The molecule has 1 aromatic heterocycles. The summed E-state index contributed by atoms with van der Waals surface area (Å²) in [5.41, 5.74) is -7.79. The van der Waals surface area contributed by atoms with E-state index >= 15 is 0 Å². The number of alkyl halides is 6. The molecule has 0 aliphatic heterocycles. The minimum atomic E-state index is -5.28. The van der Waals surface area contributed by atoms with E-state index in [1.54, 1.807) is 0 Å². The molecule has 0 bridgehead atoms. The van der Waals surface area contributed by atoms with E-state index in [4.69, 9.17) is 5.11 Å². The quantitative estimate of drug-likeness (QED) is 0.486. The fourth-order valence-corrected chi connectivity index (χ4v) is 4.23. The Bertz CT molecular complexity index is 1320. The number of nitrogens with zero attached hydrogens (tertiary/aromatic N) is 2. The molecule has 0 saturated heterocycles. The van der Waals surface area contributed by atoms with Crippen LogP contribution in [0.15, 0.2) is 27.8 Å². The third kappa shape index (κ3) is 5.97. The van der Waals surface area contributed by atoms with E-state index in [-0.39, 0.29) is 10.6 Å². The average molecular weight is 537 g/mol. The Morgan fingerprint density at radius 3 is 2.16 bits per heavy atom. The van der Waals surface area contributed by atoms with Gasteiger partial charge in [-0.1, -0.05) is 25.3 Å². The highest BCUT2D eigenvalue weighted by Gasteiger charge is 2.38. The van der Waals surface area contributed by atoms with Crippen LogP contribution < -0.4 is 16.6 Å². The molecule has 1 amide bonds. The minimum absolute atomic E-state index is 0.144. The number of hydrogen-bond donors (Lipinski definition) is 3. The summed E-state index contributed by atoms with van der Waals surface area (Å²) in [6.07, 6.45) is -7.79. The molecular weight excluding hydrogens is 516 g/mol. The van der Waals surface area contributed by atoms with E-state index in [2.05, 4.69) is 0 Å². The van der Waals surface area contributed by atoms with Gasteiger partial charge in [-0.2, -0.15) is 26.3 Å². The zero-order chi connectivity index (χ0) is 27.7. The second-order valence-corrected chi connectivity index (χ2v) is 8.48. The van der Waals surface area contributed by atoms with Gasteiger partial charge in [-0.25, -0.2) is 4.79 Å². The van der Waals surface area contributed by atoms with Crippen molar-refractivity contribution in [1.82, 2.24) is 14.5 Å². The monoisotopic (exact) mass is 537 g/mol. The van der Waals surface area contributed by atoms with Gasteiger partial charge in [-0.3, -0.25) is 23.5 Å². The molecule has 2 aromatic rings. The van der Waals surface area contributed by atoms with Crippen LogP contribution >= 0.6 is 0 Å². The van der Waals surface area contributed by atoms with Crippen molar-refractivity contribution < 1.29 is 46.1 Å². The van der Waals surface area contributed by atoms with Crippen LogP contribution in [-0.4, -0.2) is 37.8 Å². The molecule has 0 spiro atoms. The molecule has 37 heavy (non-hydrogen) atoms. The number of carbonyl (C=O) groups excluding carboxylic acids is 1.